The van der Waals surface area contributed by atoms with Crippen molar-refractivity contribution in [3.05, 3.63) is 41.4 Å². The van der Waals surface area contributed by atoms with Crippen LogP contribution in [-0.2, 0) is 4.79 Å². The van der Waals surface area contributed by atoms with Crippen LogP contribution < -0.4 is 9.47 Å². The van der Waals surface area contributed by atoms with E-state index in [1.165, 1.54) is 14.0 Å². The second kappa shape index (κ2) is 5.69. The summed E-state index contributed by atoms with van der Waals surface area (Å²) in [4.78, 5) is 18.8. The van der Waals surface area contributed by atoms with E-state index in [0.717, 1.165) is 16.6 Å². The third-order valence-electron chi connectivity index (χ3n) is 3.13. The number of nitrogens with one attached hydrogen (secondary N) is 1. The number of H-pyrrole nitrogens is 1. The molecule has 0 radical (unpaired) electrons. The van der Waals surface area contributed by atoms with Gasteiger partial charge in [0.1, 0.15) is 5.82 Å². The molecule has 3 aromatic rings. The Morgan fingerprint density at radius 1 is 1.18 bits per heavy atom. The molecule has 0 saturated heterocycles. The van der Waals surface area contributed by atoms with Crippen molar-refractivity contribution >= 4 is 28.6 Å². The van der Waals surface area contributed by atoms with Crippen LogP contribution in [0.15, 0.2) is 36.4 Å². The number of nitrogens with zero attached hydrogens (tertiary/aromatic N) is 1. The zero-order valence-electron chi connectivity index (χ0n) is 12.0. The van der Waals surface area contributed by atoms with E-state index in [-0.39, 0.29) is 0 Å². The Labute approximate surface area is 131 Å². The Morgan fingerprint density at radius 3 is 2.73 bits per heavy atom. The number of carbonyl (C=O) groups excluding carboxylic acids is 1. The highest BCUT2D eigenvalue weighted by Crippen LogP contribution is 2.32. The summed E-state index contributed by atoms with van der Waals surface area (Å²) in [6.45, 7) is 1.34. The largest absolute Gasteiger partial charge is 0.493 e. The number of benzene rings is 2. The molecule has 112 valence electrons. The Balaban J connectivity index is 2.04. The number of halogens is 1. The molecule has 3 rings (SSSR count). The van der Waals surface area contributed by atoms with Gasteiger partial charge in [-0.3, -0.25) is 4.79 Å². The third-order valence-corrected chi connectivity index (χ3v) is 3.37. The molecule has 0 atom stereocenters. The minimum absolute atomic E-state index is 0.373. The lowest BCUT2D eigenvalue weighted by molar-refractivity contribution is -0.132. The lowest BCUT2D eigenvalue weighted by Gasteiger charge is -2.08. The number of esters is 1. The van der Waals surface area contributed by atoms with Crippen LogP contribution in [0.4, 0.5) is 0 Å². The van der Waals surface area contributed by atoms with Crippen LogP contribution in [0, 0.1) is 0 Å². The first-order valence-electron chi connectivity index (χ1n) is 6.59. The van der Waals surface area contributed by atoms with Crippen molar-refractivity contribution in [1.29, 1.82) is 0 Å². The van der Waals surface area contributed by atoms with Crippen LogP contribution in [0.5, 0.6) is 11.5 Å². The van der Waals surface area contributed by atoms with Crippen molar-refractivity contribution in [2.24, 2.45) is 0 Å². The maximum absolute atomic E-state index is 11.1. The van der Waals surface area contributed by atoms with E-state index in [2.05, 4.69) is 9.97 Å². The van der Waals surface area contributed by atoms with Gasteiger partial charge >= 0.3 is 5.97 Å². The molecule has 6 heteroatoms. The number of aromatic nitrogens is 2. The van der Waals surface area contributed by atoms with Gasteiger partial charge in [-0.2, -0.15) is 0 Å². The van der Waals surface area contributed by atoms with Gasteiger partial charge in [-0.15, -0.1) is 0 Å². The van der Waals surface area contributed by atoms with Crippen LogP contribution >= 0.6 is 11.6 Å². The number of aromatic amines is 1. The van der Waals surface area contributed by atoms with E-state index in [0.29, 0.717) is 22.3 Å². The lowest BCUT2D eigenvalue weighted by atomic mass is 10.2. The molecule has 0 aliphatic carbocycles. The van der Waals surface area contributed by atoms with Crippen LogP contribution in [0.25, 0.3) is 22.4 Å². The van der Waals surface area contributed by atoms with Crippen LogP contribution in [0.2, 0.25) is 5.02 Å². The number of ether oxygens (including phenoxy) is 2. The fourth-order valence-electron chi connectivity index (χ4n) is 2.17. The summed E-state index contributed by atoms with van der Waals surface area (Å²) in [7, 11) is 1.52. The fourth-order valence-corrected chi connectivity index (χ4v) is 2.34. The molecule has 0 saturated carbocycles. The van der Waals surface area contributed by atoms with Gasteiger partial charge < -0.3 is 14.5 Å². The Kier molecular flexibility index (Phi) is 3.73. The molecule has 0 bridgehead atoms. The topological polar surface area (TPSA) is 64.2 Å². The van der Waals surface area contributed by atoms with Crippen molar-refractivity contribution in [1.82, 2.24) is 9.97 Å². The van der Waals surface area contributed by atoms with Gasteiger partial charge in [-0.25, -0.2) is 4.98 Å². The Bertz CT molecular complexity index is 858. The average molecular weight is 317 g/mol. The monoisotopic (exact) mass is 316 g/mol. The molecule has 0 aliphatic heterocycles. The van der Waals surface area contributed by atoms with Gasteiger partial charge in [-0.05, 0) is 36.4 Å². The first-order valence-corrected chi connectivity index (χ1v) is 6.96. The zero-order valence-corrected chi connectivity index (χ0v) is 12.8. The summed E-state index contributed by atoms with van der Waals surface area (Å²) in [6, 6.07) is 10.7. The number of hydrogen-bond acceptors (Lipinski definition) is 4. The van der Waals surface area contributed by atoms with Crippen LogP contribution in [0.3, 0.4) is 0 Å². The maximum atomic E-state index is 11.1. The fraction of sp³-hybridized carbons (Fsp3) is 0.125. The van der Waals surface area contributed by atoms with E-state index >= 15 is 0 Å². The molecule has 0 aliphatic rings. The van der Waals surface area contributed by atoms with Crippen LogP contribution in [0.1, 0.15) is 6.92 Å². The summed E-state index contributed by atoms with van der Waals surface area (Å²) >= 11 is 5.97. The molecule has 0 unspecified atom stereocenters. The molecule has 22 heavy (non-hydrogen) atoms. The Morgan fingerprint density at radius 2 is 2.00 bits per heavy atom. The Hall–Kier alpha value is -2.53. The predicted octanol–water partition coefficient (Wildman–Crippen LogP) is 3.82. The van der Waals surface area contributed by atoms with Gasteiger partial charge in [0, 0.05) is 17.5 Å². The highest BCUT2D eigenvalue weighted by molar-refractivity contribution is 6.31. The van der Waals surface area contributed by atoms with Crippen molar-refractivity contribution in [2.75, 3.05) is 7.11 Å². The van der Waals surface area contributed by atoms with Gasteiger partial charge in [0.15, 0.2) is 11.5 Å². The molecule has 1 N–H and O–H groups in total. The number of fused-ring (bicyclic) bond motifs is 1. The maximum Gasteiger partial charge on any atom is 0.308 e. The molecule has 1 aromatic heterocycles. The van der Waals surface area contributed by atoms with Crippen molar-refractivity contribution < 1.29 is 14.3 Å². The number of carbonyl (C=O) groups is 1. The first-order chi connectivity index (χ1) is 10.6. The van der Waals surface area contributed by atoms with Gasteiger partial charge in [0.25, 0.3) is 0 Å². The summed E-state index contributed by atoms with van der Waals surface area (Å²) in [5.41, 5.74) is 2.49. The molecular weight excluding hydrogens is 304 g/mol. The lowest BCUT2D eigenvalue weighted by Crippen LogP contribution is -2.03. The van der Waals surface area contributed by atoms with E-state index in [1.54, 1.807) is 24.3 Å². The predicted molar refractivity (Wildman–Crippen MR) is 84.4 cm³/mol. The second-order valence-corrected chi connectivity index (χ2v) is 5.14. The minimum atomic E-state index is -0.399. The van der Waals surface area contributed by atoms with Crippen molar-refractivity contribution in [2.45, 2.75) is 6.92 Å². The summed E-state index contributed by atoms with van der Waals surface area (Å²) < 4.78 is 10.4. The van der Waals surface area contributed by atoms with E-state index in [4.69, 9.17) is 21.1 Å². The average Bonchev–Trinajstić information content (AvgIpc) is 2.90. The number of methoxy groups -OCH3 is 1. The third kappa shape index (κ3) is 2.76. The van der Waals surface area contributed by atoms with Gasteiger partial charge in [-0.1, -0.05) is 11.6 Å². The van der Waals surface area contributed by atoms with E-state index in [1.807, 2.05) is 12.1 Å². The normalized spacial score (nSPS) is 10.7. The molecule has 5 nitrogen and oxygen atoms in total. The molecular formula is C16H13ClN2O3. The zero-order chi connectivity index (χ0) is 15.7. The summed E-state index contributed by atoms with van der Waals surface area (Å²) in [5, 5.41) is 0.644. The van der Waals surface area contributed by atoms with E-state index < -0.39 is 5.97 Å². The number of imidazole rings is 1. The SMILES string of the molecule is COc1cc(-c2nc3ccc(Cl)cc3[nH]2)ccc1OC(C)=O. The van der Waals surface area contributed by atoms with Gasteiger partial charge in [0.05, 0.1) is 18.1 Å². The highest BCUT2D eigenvalue weighted by atomic mass is 35.5. The standard InChI is InChI=1S/C16H13ClN2O3/c1-9(20)22-14-6-3-10(7-15(14)21-2)16-18-12-5-4-11(17)8-13(12)19-16/h3-8H,1-2H3,(H,18,19). The summed E-state index contributed by atoms with van der Waals surface area (Å²) in [6.07, 6.45) is 0. The van der Waals surface area contributed by atoms with Crippen molar-refractivity contribution in [3.63, 3.8) is 0 Å². The molecule has 1 heterocycles. The number of rotatable bonds is 3. The quantitative estimate of drug-likeness (QED) is 0.589. The second-order valence-electron chi connectivity index (χ2n) is 4.71. The van der Waals surface area contributed by atoms with Gasteiger partial charge in [0.2, 0.25) is 0 Å². The minimum Gasteiger partial charge on any atom is -0.493 e. The van der Waals surface area contributed by atoms with Crippen LogP contribution in [-0.4, -0.2) is 23.0 Å². The molecule has 0 fully saturated rings. The highest BCUT2D eigenvalue weighted by Gasteiger charge is 2.11. The molecule has 0 spiro atoms. The smallest absolute Gasteiger partial charge is 0.308 e. The molecule has 0 amide bonds. The van der Waals surface area contributed by atoms with Crippen molar-refractivity contribution in [3.8, 4) is 22.9 Å². The van der Waals surface area contributed by atoms with E-state index in [9.17, 15) is 4.79 Å². The first kappa shape index (κ1) is 14.4. The molecule has 2 aromatic carbocycles. The summed E-state index contributed by atoms with van der Waals surface area (Å²) in [5.74, 6) is 1.12. The number of hydrogen-bond donors (Lipinski definition) is 1.